The molecular formula is C21H25N3O3. The number of hydrogen-bond acceptors (Lipinski definition) is 3. The van der Waals surface area contributed by atoms with Gasteiger partial charge in [-0.2, -0.15) is 0 Å². The summed E-state index contributed by atoms with van der Waals surface area (Å²) >= 11 is 0. The third-order valence-electron chi connectivity index (χ3n) is 3.81. The lowest BCUT2D eigenvalue weighted by Gasteiger charge is -2.14. The van der Waals surface area contributed by atoms with E-state index in [0.29, 0.717) is 23.4 Å². The molecule has 0 aliphatic heterocycles. The van der Waals surface area contributed by atoms with Crippen LogP contribution in [-0.2, 0) is 9.59 Å². The van der Waals surface area contributed by atoms with Crippen molar-refractivity contribution in [2.45, 2.75) is 33.2 Å². The maximum absolute atomic E-state index is 12.3. The van der Waals surface area contributed by atoms with Gasteiger partial charge in [-0.1, -0.05) is 32.0 Å². The highest BCUT2D eigenvalue weighted by Gasteiger charge is 2.16. The molecule has 27 heavy (non-hydrogen) atoms. The molecule has 0 fully saturated rings. The molecule has 0 radical (unpaired) electrons. The number of benzene rings is 2. The average Bonchev–Trinajstić information content (AvgIpc) is 2.63. The van der Waals surface area contributed by atoms with E-state index in [1.807, 2.05) is 19.9 Å². The zero-order valence-corrected chi connectivity index (χ0v) is 15.8. The molecule has 6 nitrogen and oxygen atoms in total. The molecular weight excluding hydrogens is 342 g/mol. The molecule has 2 aromatic rings. The zero-order valence-electron chi connectivity index (χ0n) is 15.8. The average molecular weight is 367 g/mol. The van der Waals surface area contributed by atoms with Crippen LogP contribution in [0, 0.1) is 5.92 Å². The highest BCUT2D eigenvalue weighted by Crippen LogP contribution is 2.15. The second-order valence-corrected chi connectivity index (χ2v) is 6.77. The molecule has 6 heteroatoms. The van der Waals surface area contributed by atoms with Crippen molar-refractivity contribution < 1.29 is 14.4 Å². The number of carbonyl (C=O) groups is 3. The fourth-order valence-electron chi connectivity index (χ4n) is 2.41. The van der Waals surface area contributed by atoms with Gasteiger partial charge in [0.15, 0.2) is 0 Å². The summed E-state index contributed by atoms with van der Waals surface area (Å²) in [7, 11) is 0. The largest absolute Gasteiger partial charge is 0.341 e. The van der Waals surface area contributed by atoms with Gasteiger partial charge in [-0.3, -0.25) is 14.4 Å². The summed E-state index contributed by atoms with van der Waals surface area (Å²) in [6.45, 7) is 5.59. The van der Waals surface area contributed by atoms with Gasteiger partial charge in [-0.15, -0.1) is 0 Å². The lowest BCUT2D eigenvalue weighted by molar-refractivity contribution is -0.118. The Labute approximate surface area is 159 Å². The molecule has 0 saturated carbocycles. The Kier molecular flexibility index (Phi) is 7.11. The van der Waals surface area contributed by atoms with Gasteiger partial charge < -0.3 is 16.0 Å². The quantitative estimate of drug-likeness (QED) is 0.701. The predicted octanol–water partition coefficient (Wildman–Crippen LogP) is 3.43. The van der Waals surface area contributed by atoms with E-state index in [0.717, 1.165) is 0 Å². The van der Waals surface area contributed by atoms with E-state index < -0.39 is 6.04 Å². The Morgan fingerprint density at radius 1 is 0.815 bits per heavy atom. The summed E-state index contributed by atoms with van der Waals surface area (Å²) in [6, 6.07) is 14.9. The van der Waals surface area contributed by atoms with E-state index in [-0.39, 0.29) is 23.6 Å². The van der Waals surface area contributed by atoms with Crippen LogP contribution in [0.3, 0.4) is 0 Å². The van der Waals surface area contributed by atoms with Crippen LogP contribution in [0.1, 0.15) is 37.6 Å². The summed E-state index contributed by atoms with van der Waals surface area (Å²) in [4.78, 5) is 36.1. The minimum atomic E-state index is -0.692. The number of carbonyl (C=O) groups excluding carboxylic acids is 3. The van der Waals surface area contributed by atoms with Crippen molar-refractivity contribution in [3.63, 3.8) is 0 Å². The lowest BCUT2D eigenvalue weighted by atomic mass is 10.1. The van der Waals surface area contributed by atoms with Crippen LogP contribution in [0.2, 0.25) is 0 Å². The molecule has 0 aliphatic carbocycles. The van der Waals surface area contributed by atoms with Crippen LogP contribution in [0.15, 0.2) is 54.6 Å². The number of rotatable bonds is 7. The van der Waals surface area contributed by atoms with E-state index >= 15 is 0 Å². The third kappa shape index (κ3) is 6.58. The van der Waals surface area contributed by atoms with Gasteiger partial charge in [0, 0.05) is 23.4 Å². The summed E-state index contributed by atoms with van der Waals surface area (Å²) in [5, 5.41) is 8.22. The van der Waals surface area contributed by atoms with E-state index in [1.165, 1.54) is 0 Å². The second-order valence-electron chi connectivity index (χ2n) is 6.77. The molecule has 0 heterocycles. The Morgan fingerprint density at radius 2 is 1.37 bits per heavy atom. The van der Waals surface area contributed by atoms with Gasteiger partial charge in [0.2, 0.25) is 11.8 Å². The molecule has 2 rings (SSSR count). The number of amides is 3. The third-order valence-corrected chi connectivity index (χ3v) is 3.81. The van der Waals surface area contributed by atoms with Crippen molar-refractivity contribution in [3.05, 3.63) is 60.2 Å². The SMILES string of the molecule is CC(C)CC(=O)Nc1ccc(NC(=O)C(C)NC(=O)c2ccccc2)cc1. The topological polar surface area (TPSA) is 87.3 Å². The van der Waals surface area contributed by atoms with E-state index in [1.54, 1.807) is 55.5 Å². The normalized spacial score (nSPS) is 11.6. The van der Waals surface area contributed by atoms with Gasteiger partial charge in [-0.05, 0) is 49.2 Å². The fourth-order valence-corrected chi connectivity index (χ4v) is 2.41. The molecule has 0 aliphatic rings. The predicted molar refractivity (Wildman–Crippen MR) is 107 cm³/mol. The van der Waals surface area contributed by atoms with Crippen molar-refractivity contribution >= 4 is 29.1 Å². The Balaban J connectivity index is 1.87. The standard InChI is InChI=1S/C21H25N3O3/c1-14(2)13-19(25)23-17-9-11-18(12-10-17)24-20(26)15(3)22-21(27)16-7-5-4-6-8-16/h4-12,14-15H,13H2,1-3H3,(H,22,27)(H,23,25)(H,24,26). The first-order valence-corrected chi connectivity index (χ1v) is 8.92. The van der Waals surface area contributed by atoms with Crippen molar-refractivity contribution in [2.75, 3.05) is 10.6 Å². The summed E-state index contributed by atoms with van der Waals surface area (Å²) in [5.41, 5.74) is 1.75. The van der Waals surface area contributed by atoms with Crippen LogP contribution < -0.4 is 16.0 Å². The first-order valence-electron chi connectivity index (χ1n) is 8.92. The first-order chi connectivity index (χ1) is 12.8. The number of nitrogens with one attached hydrogen (secondary N) is 3. The van der Waals surface area contributed by atoms with E-state index in [4.69, 9.17) is 0 Å². The molecule has 142 valence electrons. The van der Waals surface area contributed by atoms with Gasteiger partial charge >= 0.3 is 0 Å². The minimum absolute atomic E-state index is 0.0426. The summed E-state index contributed by atoms with van der Waals surface area (Å²) < 4.78 is 0. The summed E-state index contributed by atoms with van der Waals surface area (Å²) in [6.07, 6.45) is 0.455. The van der Waals surface area contributed by atoms with Crippen molar-refractivity contribution in [2.24, 2.45) is 5.92 Å². The Hall–Kier alpha value is -3.15. The van der Waals surface area contributed by atoms with Gasteiger partial charge in [-0.25, -0.2) is 0 Å². The molecule has 0 aromatic heterocycles. The maximum Gasteiger partial charge on any atom is 0.251 e. The zero-order chi connectivity index (χ0) is 19.8. The van der Waals surface area contributed by atoms with E-state index in [9.17, 15) is 14.4 Å². The van der Waals surface area contributed by atoms with Gasteiger partial charge in [0.25, 0.3) is 5.91 Å². The van der Waals surface area contributed by atoms with Crippen LogP contribution in [0.5, 0.6) is 0 Å². The molecule has 3 N–H and O–H groups in total. The van der Waals surface area contributed by atoms with Crippen molar-refractivity contribution in [1.29, 1.82) is 0 Å². The monoisotopic (exact) mass is 367 g/mol. The maximum atomic E-state index is 12.3. The molecule has 2 aromatic carbocycles. The molecule has 0 spiro atoms. The van der Waals surface area contributed by atoms with Crippen LogP contribution in [0.25, 0.3) is 0 Å². The van der Waals surface area contributed by atoms with Gasteiger partial charge in [0.1, 0.15) is 6.04 Å². The number of anilines is 2. The smallest absolute Gasteiger partial charge is 0.251 e. The second kappa shape index (κ2) is 9.52. The molecule has 3 amide bonds. The van der Waals surface area contributed by atoms with E-state index in [2.05, 4.69) is 16.0 Å². The highest BCUT2D eigenvalue weighted by atomic mass is 16.2. The Morgan fingerprint density at radius 3 is 1.93 bits per heavy atom. The molecule has 1 atom stereocenters. The van der Waals surface area contributed by atoms with Crippen LogP contribution >= 0.6 is 0 Å². The number of hydrogen-bond donors (Lipinski definition) is 3. The lowest BCUT2D eigenvalue weighted by Crippen LogP contribution is -2.41. The fraction of sp³-hybridized carbons (Fsp3) is 0.286. The molecule has 1 unspecified atom stereocenters. The highest BCUT2D eigenvalue weighted by molar-refractivity contribution is 6.01. The molecule has 0 bridgehead atoms. The first kappa shape index (κ1) is 20.2. The van der Waals surface area contributed by atoms with Crippen LogP contribution in [-0.4, -0.2) is 23.8 Å². The van der Waals surface area contributed by atoms with Crippen LogP contribution in [0.4, 0.5) is 11.4 Å². The summed E-state index contributed by atoms with van der Waals surface area (Å²) in [5.74, 6) is -0.382. The van der Waals surface area contributed by atoms with Crippen molar-refractivity contribution in [1.82, 2.24) is 5.32 Å². The molecule has 0 saturated heterocycles. The minimum Gasteiger partial charge on any atom is -0.341 e. The van der Waals surface area contributed by atoms with Crippen molar-refractivity contribution in [3.8, 4) is 0 Å². The Bertz CT molecular complexity index is 786. The van der Waals surface area contributed by atoms with Gasteiger partial charge in [0.05, 0.1) is 0 Å².